The van der Waals surface area contributed by atoms with Gasteiger partial charge < -0.3 is 15.1 Å². The number of carbonyl (C=O) groups excluding carboxylic acids is 3. The Morgan fingerprint density at radius 3 is 2.36 bits per heavy atom. The molecule has 3 rings (SSSR count). The SMILES string of the molecule is CC(=O)N(C)c1ccc(NC(=O)C2CCCN(C(=O)C3CC3)C2)cc1. The van der Waals surface area contributed by atoms with Crippen molar-refractivity contribution in [3.05, 3.63) is 24.3 Å². The summed E-state index contributed by atoms with van der Waals surface area (Å²) in [7, 11) is 1.71. The van der Waals surface area contributed by atoms with Crippen molar-refractivity contribution < 1.29 is 14.4 Å². The highest BCUT2D eigenvalue weighted by Crippen LogP contribution is 2.32. The third-order valence-corrected chi connectivity index (χ3v) is 5.02. The number of hydrogen-bond donors (Lipinski definition) is 1. The quantitative estimate of drug-likeness (QED) is 0.912. The van der Waals surface area contributed by atoms with E-state index in [-0.39, 0.29) is 29.6 Å². The zero-order chi connectivity index (χ0) is 18.0. The summed E-state index contributed by atoms with van der Waals surface area (Å²) in [5.74, 6) is 0.179. The molecule has 25 heavy (non-hydrogen) atoms. The van der Waals surface area contributed by atoms with E-state index < -0.39 is 0 Å². The van der Waals surface area contributed by atoms with Crippen LogP contribution < -0.4 is 10.2 Å². The molecule has 6 heteroatoms. The lowest BCUT2D eigenvalue weighted by molar-refractivity contribution is -0.135. The number of benzene rings is 1. The van der Waals surface area contributed by atoms with E-state index in [4.69, 9.17) is 0 Å². The lowest BCUT2D eigenvalue weighted by Crippen LogP contribution is -2.44. The van der Waals surface area contributed by atoms with Crippen molar-refractivity contribution in [2.24, 2.45) is 11.8 Å². The minimum atomic E-state index is -0.156. The molecule has 1 saturated heterocycles. The Bertz CT molecular complexity index is 667. The predicted molar refractivity (Wildman–Crippen MR) is 96.2 cm³/mol. The zero-order valence-corrected chi connectivity index (χ0v) is 14.8. The number of nitrogens with one attached hydrogen (secondary N) is 1. The molecule has 134 valence electrons. The highest BCUT2D eigenvalue weighted by molar-refractivity contribution is 5.94. The van der Waals surface area contributed by atoms with Crippen LogP contribution in [0.3, 0.4) is 0 Å². The third-order valence-electron chi connectivity index (χ3n) is 5.02. The van der Waals surface area contributed by atoms with Crippen LogP contribution in [0.2, 0.25) is 0 Å². The topological polar surface area (TPSA) is 69.7 Å². The molecule has 0 bridgehead atoms. The van der Waals surface area contributed by atoms with Gasteiger partial charge in [0.15, 0.2) is 0 Å². The maximum absolute atomic E-state index is 12.5. The van der Waals surface area contributed by atoms with Crippen molar-refractivity contribution in [2.45, 2.75) is 32.6 Å². The number of anilines is 2. The van der Waals surface area contributed by atoms with Crippen molar-refractivity contribution in [1.29, 1.82) is 0 Å². The zero-order valence-electron chi connectivity index (χ0n) is 14.8. The minimum Gasteiger partial charge on any atom is -0.342 e. The molecule has 1 aliphatic heterocycles. The van der Waals surface area contributed by atoms with Crippen LogP contribution in [0.15, 0.2) is 24.3 Å². The summed E-state index contributed by atoms with van der Waals surface area (Å²) in [6.07, 6.45) is 3.67. The molecule has 1 aromatic rings. The largest absolute Gasteiger partial charge is 0.342 e. The molecular formula is C19H25N3O3. The van der Waals surface area contributed by atoms with Gasteiger partial charge in [0.1, 0.15) is 0 Å². The van der Waals surface area contributed by atoms with Crippen molar-refractivity contribution in [3.8, 4) is 0 Å². The standard InChI is InChI=1S/C19H25N3O3/c1-13(23)21(2)17-9-7-16(8-10-17)20-18(24)15-4-3-11-22(12-15)19(25)14-5-6-14/h7-10,14-15H,3-6,11-12H2,1-2H3,(H,20,24). The van der Waals surface area contributed by atoms with Gasteiger partial charge in [-0.3, -0.25) is 14.4 Å². The smallest absolute Gasteiger partial charge is 0.229 e. The van der Waals surface area contributed by atoms with Gasteiger partial charge in [0.25, 0.3) is 0 Å². The molecule has 2 fully saturated rings. The highest BCUT2D eigenvalue weighted by Gasteiger charge is 2.36. The molecular weight excluding hydrogens is 318 g/mol. The van der Waals surface area contributed by atoms with Gasteiger partial charge in [-0.2, -0.15) is 0 Å². The van der Waals surface area contributed by atoms with Crippen molar-refractivity contribution in [1.82, 2.24) is 4.90 Å². The maximum Gasteiger partial charge on any atom is 0.229 e. The predicted octanol–water partition coefficient (Wildman–Crippen LogP) is 2.26. The lowest BCUT2D eigenvalue weighted by atomic mass is 9.96. The molecule has 6 nitrogen and oxygen atoms in total. The van der Waals surface area contributed by atoms with Crippen molar-refractivity contribution in [2.75, 3.05) is 30.4 Å². The number of likely N-dealkylation sites (tertiary alicyclic amines) is 1. The second kappa shape index (κ2) is 7.25. The molecule has 1 aliphatic carbocycles. The van der Waals surface area contributed by atoms with Gasteiger partial charge in [-0.25, -0.2) is 0 Å². The fraction of sp³-hybridized carbons (Fsp3) is 0.526. The normalized spacial score (nSPS) is 20.1. The highest BCUT2D eigenvalue weighted by atomic mass is 16.2. The summed E-state index contributed by atoms with van der Waals surface area (Å²) in [5, 5.41) is 2.93. The Labute approximate surface area is 148 Å². The lowest BCUT2D eigenvalue weighted by Gasteiger charge is -2.32. The third kappa shape index (κ3) is 4.18. The van der Waals surface area contributed by atoms with Gasteiger partial charge in [-0.15, -0.1) is 0 Å². The Morgan fingerprint density at radius 1 is 1.08 bits per heavy atom. The van der Waals surface area contributed by atoms with Gasteiger partial charge in [0.2, 0.25) is 17.7 Å². The van der Waals surface area contributed by atoms with Crippen LogP contribution in [0.1, 0.15) is 32.6 Å². The van der Waals surface area contributed by atoms with E-state index in [2.05, 4.69) is 5.32 Å². The van der Waals surface area contributed by atoms with Crippen molar-refractivity contribution in [3.63, 3.8) is 0 Å². The van der Waals surface area contributed by atoms with Crippen LogP contribution in [-0.4, -0.2) is 42.8 Å². The van der Waals surface area contributed by atoms with Crippen LogP contribution in [0.5, 0.6) is 0 Å². The molecule has 1 atom stereocenters. The molecule has 1 heterocycles. The number of rotatable bonds is 4. The van der Waals surface area contributed by atoms with E-state index in [9.17, 15) is 14.4 Å². The van der Waals surface area contributed by atoms with E-state index in [0.717, 1.165) is 37.9 Å². The second-order valence-corrected chi connectivity index (χ2v) is 7.01. The van der Waals surface area contributed by atoms with Crippen LogP contribution in [0.4, 0.5) is 11.4 Å². The van der Waals surface area contributed by atoms with Gasteiger partial charge in [-0.05, 0) is 49.9 Å². The van der Waals surface area contributed by atoms with Gasteiger partial charge >= 0.3 is 0 Å². The summed E-state index contributed by atoms with van der Waals surface area (Å²) < 4.78 is 0. The first-order valence-corrected chi connectivity index (χ1v) is 8.89. The van der Waals surface area contributed by atoms with Crippen LogP contribution >= 0.6 is 0 Å². The molecule has 1 N–H and O–H groups in total. The molecule has 3 amide bonds. The van der Waals surface area contributed by atoms with Crippen LogP contribution in [0, 0.1) is 11.8 Å². The monoisotopic (exact) mass is 343 g/mol. The summed E-state index contributed by atoms with van der Waals surface area (Å²) in [5.41, 5.74) is 1.49. The van der Waals surface area contributed by atoms with Gasteiger partial charge in [0.05, 0.1) is 5.92 Å². The van der Waals surface area contributed by atoms with Crippen LogP contribution in [0.25, 0.3) is 0 Å². The maximum atomic E-state index is 12.5. The first-order valence-electron chi connectivity index (χ1n) is 8.89. The Kier molecular flexibility index (Phi) is 5.06. The summed E-state index contributed by atoms with van der Waals surface area (Å²) in [6, 6.07) is 7.20. The number of carbonyl (C=O) groups is 3. The molecule has 0 radical (unpaired) electrons. The van der Waals surface area contributed by atoms with Crippen molar-refractivity contribution >= 4 is 29.1 Å². The number of hydrogen-bond acceptors (Lipinski definition) is 3. The van der Waals surface area contributed by atoms with Crippen LogP contribution in [-0.2, 0) is 14.4 Å². The fourth-order valence-corrected chi connectivity index (χ4v) is 3.17. The van der Waals surface area contributed by atoms with E-state index in [1.807, 2.05) is 4.90 Å². The number of piperidine rings is 1. The molecule has 1 unspecified atom stereocenters. The molecule has 0 aromatic heterocycles. The van der Waals surface area contributed by atoms with Gasteiger partial charge in [0, 0.05) is 44.4 Å². The first kappa shape index (κ1) is 17.5. The fourth-order valence-electron chi connectivity index (χ4n) is 3.17. The second-order valence-electron chi connectivity index (χ2n) is 7.01. The van der Waals surface area contributed by atoms with E-state index in [1.165, 1.54) is 6.92 Å². The van der Waals surface area contributed by atoms with Gasteiger partial charge in [-0.1, -0.05) is 0 Å². The average Bonchev–Trinajstić information content (AvgIpc) is 3.46. The van der Waals surface area contributed by atoms with E-state index >= 15 is 0 Å². The first-order chi connectivity index (χ1) is 12.0. The Hall–Kier alpha value is -2.37. The summed E-state index contributed by atoms with van der Waals surface area (Å²) in [6.45, 7) is 2.80. The summed E-state index contributed by atoms with van der Waals surface area (Å²) >= 11 is 0. The number of amides is 3. The average molecular weight is 343 g/mol. The van der Waals surface area contributed by atoms with E-state index in [1.54, 1.807) is 36.2 Å². The molecule has 1 aromatic carbocycles. The Balaban J connectivity index is 1.57. The Morgan fingerprint density at radius 2 is 1.76 bits per heavy atom. The molecule has 2 aliphatic rings. The summed E-state index contributed by atoms with van der Waals surface area (Å²) in [4.78, 5) is 39.5. The number of nitrogens with zero attached hydrogens (tertiary/aromatic N) is 2. The van der Waals surface area contributed by atoms with E-state index in [0.29, 0.717) is 12.2 Å². The molecule has 1 saturated carbocycles. The minimum absolute atomic E-state index is 0.0408. The molecule has 0 spiro atoms.